The summed E-state index contributed by atoms with van der Waals surface area (Å²) >= 11 is 0. The predicted molar refractivity (Wildman–Crippen MR) is 62.0 cm³/mol. The number of amides is 2. The van der Waals surface area contributed by atoms with E-state index in [-0.39, 0.29) is 0 Å². The number of hydrogen-bond acceptors (Lipinski definition) is 3. The molecule has 5 heteroatoms. The Hall–Kier alpha value is -1.10. The van der Waals surface area contributed by atoms with Crippen LogP contribution in [0.25, 0.3) is 0 Å². The van der Waals surface area contributed by atoms with Crippen molar-refractivity contribution >= 4 is 11.8 Å². The molecule has 2 amide bonds. The maximum absolute atomic E-state index is 11.2. The number of rotatable bonds is 8. The lowest BCUT2D eigenvalue weighted by Gasteiger charge is -2.05. The first-order valence-electron chi connectivity index (χ1n) is 5.86. The molecule has 16 heavy (non-hydrogen) atoms. The number of hydrogen-bond donors (Lipinski definition) is 2. The third-order valence-corrected chi connectivity index (χ3v) is 1.98. The fraction of sp³-hybridized carbons (Fsp3) is 0.818. The van der Waals surface area contributed by atoms with Crippen molar-refractivity contribution in [1.29, 1.82) is 0 Å². The standard InChI is InChI=1S/C11H22N2O3/c1-3-5-7-12-10(14)11(15)13-8-6-9-16-4-2/h3-9H2,1-2H3,(H,12,14)(H,13,15). The van der Waals surface area contributed by atoms with Crippen LogP contribution in [0.4, 0.5) is 0 Å². The van der Waals surface area contributed by atoms with Crippen LogP contribution < -0.4 is 10.6 Å². The van der Waals surface area contributed by atoms with Crippen LogP contribution in [0.1, 0.15) is 33.1 Å². The topological polar surface area (TPSA) is 67.4 Å². The molecule has 0 radical (unpaired) electrons. The Bertz CT molecular complexity index is 207. The number of carbonyl (C=O) groups excluding carboxylic acids is 2. The van der Waals surface area contributed by atoms with Crippen molar-refractivity contribution in [3.05, 3.63) is 0 Å². The van der Waals surface area contributed by atoms with Gasteiger partial charge >= 0.3 is 11.8 Å². The minimum Gasteiger partial charge on any atom is -0.382 e. The van der Waals surface area contributed by atoms with E-state index in [1.54, 1.807) is 0 Å². The molecule has 0 unspecified atom stereocenters. The van der Waals surface area contributed by atoms with Crippen LogP contribution in [0, 0.1) is 0 Å². The number of ether oxygens (including phenoxy) is 1. The molecule has 0 rings (SSSR count). The van der Waals surface area contributed by atoms with E-state index in [1.165, 1.54) is 0 Å². The largest absolute Gasteiger partial charge is 0.382 e. The van der Waals surface area contributed by atoms with Gasteiger partial charge in [-0.25, -0.2) is 0 Å². The highest BCUT2D eigenvalue weighted by Gasteiger charge is 2.10. The van der Waals surface area contributed by atoms with E-state index >= 15 is 0 Å². The first-order chi connectivity index (χ1) is 7.72. The average molecular weight is 230 g/mol. The van der Waals surface area contributed by atoms with Gasteiger partial charge < -0.3 is 15.4 Å². The normalized spacial score (nSPS) is 9.88. The quantitative estimate of drug-likeness (QED) is 0.470. The second kappa shape index (κ2) is 10.4. The van der Waals surface area contributed by atoms with Crippen LogP contribution in [0.2, 0.25) is 0 Å². The van der Waals surface area contributed by atoms with Crippen LogP contribution >= 0.6 is 0 Å². The van der Waals surface area contributed by atoms with Crippen molar-refractivity contribution in [2.24, 2.45) is 0 Å². The molecule has 0 atom stereocenters. The first-order valence-corrected chi connectivity index (χ1v) is 5.86. The molecule has 2 N–H and O–H groups in total. The smallest absolute Gasteiger partial charge is 0.309 e. The Morgan fingerprint density at radius 2 is 1.56 bits per heavy atom. The zero-order valence-electron chi connectivity index (χ0n) is 10.2. The molecular weight excluding hydrogens is 208 g/mol. The van der Waals surface area contributed by atoms with E-state index in [0.717, 1.165) is 19.3 Å². The van der Waals surface area contributed by atoms with Gasteiger partial charge in [-0.15, -0.1) is 0 Å². The maximum atomic E-state index is 11.2. The van der Waals surface area contributed by atoms with Crippen LogP contribution in [-0.2, 0) is 14.3 Å². The Labute approximate surface area is 96.9 Å². The minimum absolute atomic E-state index is 0.472. The van der Waals surface area contributed by atoms with Gasteiger partial charge in [0, 0.05) is 26.3 Å². The fourth-order valence-corrected chi connectivity index (χ4v) is 1.06. The van der Waals surface area contributed by atoms with Gasteiger partial charge in [0.05, 0.1) is 0 Å². The van der Waals surface area contributed by atoms with Gasteiger partial charge in [0.2, 0.25) is 0 Å². The molecule has 94 valence electrons. The highest BCUT2D eigenvalue weighted by atomic mass is 16.5. The van der Waals surface area contributed by atoms with Crippen molar-refractivity contribution in [2.75, 3.05) is 26.3 Å². The van der Waals surface area contributed by atoms with Crippen LogP contribution in [-0.4, -0.2) is 38.1 Å². The summed E-state index contributed by atoms with van der Waals surface area (Å²) in [5.41, 5.74) is 0. The lowest BCUT2D eigenvalue weighted by Crippen LogP contribution is -2.40. The molecule has 0 saturated heterocycles. The molecule has 0 aromatic carbocycles. The third kappa shape index (κ3) is 8.23. The summed E-state index contributed by atoms with van der Waals surface area (Å²) < 4.78 is 5.10. The zero-order chi connectivity index (χ0) is 12.2. The van der Waals surface area contributed by atoms with E-state index < -0.39 is 11.8 Å². The third-order valence-electron chi connectivity index (χ3n) is 1.98. The van der Waals surface area contributed by atoms with Gasteiger partial charge in [-0.05, 0) is 19.8 Å². The SMILES string of the molecule is CCCCNC(=O)C(=O)NCCCOCC. The average Bonchev–Trinajstić information content (AvgIpc) is 2.28. The number of carbonyl (C=O) groups is 2. The van der Waals surface area contributed by atoms with E-state index in [9.17, 15) is 9.59 Å². The maximum Gasteiger partial charge on any atom is 0.309 e. The number of unbranched alkanes of at least 4 members (excludes halogenated alkanes) is 1. The molecule has 0 heterocycles. The fourth-order valence-electron chi connectivity index (χ4n) is 1.06. The lowest BCUT2D eigenvalue weighted by atomic mass is 10.3. The van der Waals surface area contributed by atoms with E-state index in [0.29, 0.717) is 26.3 Å². The van der Waals surface area contributed by atoms with Crippen molar-refractivity contribution < 1.29 is 14.3 Å². The van der Waals surface area contributed by atoms with Gasteiger partial charge in [-0.2, -0.15) is 0 Å². The van der Waals surface area contributed by atoms with Crippen molar-refractivity contribution in [3.8, 4) is 0 Å². The van der Waals surface area contributed by atoms with E-state index in [2.05, 4.69) is 10.6 Å². The van der Waals surface area contributed by atoms with Crippen LogP contribution in [0.5, 0.6) is 0 Å². The molecule has 0 aromatic rings. The molecule has 0 saturated carbocycles. The Morgan fingerprint density at radius 1 is 1.00 bits per heavy atom. The van der Waals surface area contributed by atoms with Crippen LogP contribution in [0.3, 0.4) is 0 Å². The van der Waals surface area contributed by atoms with Crippen LogP contribution in [0.15, 0.2) is 0 Å². The predicted octanol–water partition coefficient (Wildman–Crippen LogP) is 0.445. The van der Waals surface area contributed by atoms with Crippen molar-refractivity contribution in [2.45, 2.75) is 33.1 Å². The molecule has 0 aliphatic carbocycles. The second-order valence-corrected chi connectivity index (χ2v) is 3.42. The summed E-state index contributed by atoms with van der Waals surface area (Å²) in [6.07, 6.45) is 2.61. The number of nitrogens with one attached hydrogen (secondary N) is 2. The summed E-state index contributed by atoms with van der Waals surface area (Å²) in [4.78, 5) is 22.4. The monoisotopic (exact) mass is 230 g/mol. The van der Waals surface area contributed by atoms with E-state index in [4.69, 9.17) is 4.74 Å². The molecule has 5 nitrogen and oxygen atoms in total. The molecule has 0 aliphatic heterocycles. The second-order valence-electron chi connectivity index (χ2n) is 3.42. The molecular formula is C11H22N2O3. The summed E-state index contributed by atoms with van der Waals surface area (Å²) in [6, 6.07) is 0. The summed E-state index contributed by atoms with van der Waals surface area (Å²) in [5.74, 6) is -1.11. The summed E-state index contributed by atoms with van der Waals surface area (Å²) in [6.45, 7) is 6.25. The van der Waals surface area contributed by atoms with Crippen molar-refractivity contribution in [3.63, 3.8) is 0 Å². The van der Waals surface area contributed by atoms with Gasteiger partial charge in [0.25, 0.3) is 0 Å². The highest BCUT2D eigenvalue weighted by Crippen LogP contribution is 1.83. The Kier molecular flexibility index (Phi) is 9.70. The molecule has 0 spiro atoms. The Balaban J connectivity index is 3.44. The lowest BCUT2D eigenvalue weighted by molar-refractivity contribution is -0.139. The molecule has 0 bridgehead atoms. The summed E-state index contributed by atoms with van der Waals surface area (Å²) in [5, 5.41) is 5.09. The molecule has 0 aromatic heterocycles. The van der Waals surface area contributed by atoms with Gasteiger partial charge in [0.15, 0.2) is 0 Å². The van der Waals surface area contributed by atoms with Gasteiger partial charge in [-0.1, -0.05) is 13.3 Å². The highest BCUT2D eigenvalue weighted by molar-refractivity contribution is 6.35. The zero-order valence-corrected chi connectivity index (χ0v) is 10.2. The van der Waals surface area contributed by atoms with E-state index in [1.807, 2.05) is 13.8 Å². The first kappa shape index (κ1) is 14.9. The molecule has 0 aliphatic rings. The minimum atomic E-state index is -0.562. The van der Waals surface area contributed by atoms with Gasteiger partial charge in [-0.3, -0.25) is 9.59 Å². The van der Waals surface area contributed by atoms with Gasteiger partial charge in [0.1, 0.15) is 0 Å². The Morgan fingerprint density at radius 3 is 2.06 bits per heavy atom. The van der Waals surface area contributed by atoms with Crippen molar-refractivity contribution in [1.82, 2.24) is 10.6 Å². The summed E-state index contributed by atoms with van der Waals surface area (Å²) in [7, 11) is 0. The molecule has 0 fully saturated rings.